The highest BCUT2D eigenvalue weighted by Gasteiger charge is 2.45. The quantitative estimate of drug-likeness (QED) is 0.476. The Morgan fingerprint density at radius 2 is 1.88 bits per heavy atom. The van der Waals surface area contributed by atoms with E-state index in [-0.39, 0.29) is 43.5 Å². The van der Waals surface area contributed by atoms with Gasteiger partial charge in [0.2, 0.25) is 0 Å². The molecule has 2 fully saturated rings. The second-order valence-corrected chi connectivity index (χ2v) is 11.1. The number of hydrogen-bond donors (Lipinski definition) is 2. The molecule has 12 nitrogen and oxygen atoms in total. The molecule has 3 heterocycles. The monoisotopic (exact) mass is 614 g/mol. The minimum absolute atomic E-state index is 0.0316. The maximum Gasteiger partial charge on any atom is 0.417 e. The van der Waals surface area contributed by atoms with Crippen molar-refractivity contribution >= 4 is 29.7 Å². The minimum atomic E-state index is -4.95. The molecule has 3 aliphatic heterocycles. The molecule has 43 heavy (non-hydrogen) atoms. The Labute approximate surface area is 247 Å². The standard InChI is InChI=1S/C28H37F3N4O8/c1-16(2)35(18-5-4-9-33(15-18)27(39)40)24(36)19-13-21-22(14-20(19)28(29,30)31)43-23(17-6-11-42-12-7-17)25(37)34(21)10-8-32-26(38)41-3/h13-14,16-18,23H,4-12,15H2,1-3H3,(H,32,38)(H,39,40)/t18-,23?/m1/s1. The smallest absolute Gasteiger partial charge is 0.417 e. The number of halogens is 3. The van der Waals surface area contributed by atoms with Gasteiger partial charge in [-0.25, -0.2) is 9.59 Å². The number of hydrogen-bond acceptors (Lipinski definition) is 7. The molecule has 2 atom stereocenters. The highest BCUT2D eigenvalue weighted by Crippen LogP contribution is 2.44. The molecule has 2 saturated heterocycles. The predicted octanol–water partition coefficient (Wildman–Crippen LogP) is 3.58. The van der Waals surface area contributed by atoms with Crippen LogP contribution in [0.1, 0.15) is 55.5 Å². The van der Waals surface area contributed by atoms with Crippen LogP contribution in [0, 0.1) is 5.92 Å². The molecule has 1 unspecified atom stereocenters. The first-order valence-electron chi connectivity index (χ1n) is 14.3. The van der Waals surface area contributed by atoms with Gasteiger partial charge in [-0.1, -0.05) is 0 Å². The van der Waals surface area contributed by atoms with Crippen LogP contribution >= 0.6 is 0 Å². The molecule has 1 aromatic rings. The van der Waals surface area contributed by atoms with E-state index in [1.54, 1.807) is 13.8 Å². The number of alkyl halides is 3. The lowest BCUT2D eigenvalue weighted by atomic mass is 9.91. The average molecular weight is 615 g/mol. The van der Waals surface area contributed by atoms with Crippen molar-refractivity contribution < 1.29 is 51.7 Å². The van der Waals surface area contributed by atoms with E-state index in [2.05, 4.69) is 10.1 Å². The number of likely N-dealkylation sites (tertiary alicyclic amines) is 1. The fourth-order valence-corrected chi connectivity index (χ4v) is 5.95. The summed E-state index contributed by atoms with van der Waals surface area (Å²) in [6, 6.07) is 0.569. The van der Waals surface area contributed by atoms with Crippen molar-refractivity contribution in [2.75, 3.05) is 51.4 Å². The normalized spacial score (nSPS) is 21.2. The number of piperidine rings is 1. The van der Waals surface area contributed by atoms with Crippen molar-refractivity contribution in [1.29, 1.82) is 0 Å². The molecule has 0 saturated carbocycles. The lowest BCUT2D eigenvalue weighted by Crippen LogP contribution is -2.54. The first kappa shape index (κ1) is 32.2. The lowest BCUT2D eigenvalue weighted by molar-refractivity contribution is -0.138. The van der Waals surface area contributed by atoms with Crippen LogP contribution in [-0.2, 0) is 20.4 Å². The van der Waals surface area contributed by atoms with Crippen LogP contribution in [-0.4, -0.2) is 104 Å². The van der Waals surface area contributed by atoms with Gasteiger partial charge in [-0.3, -0.25) is 9.59 Å². The number of nitrogens with zero attached hydrogens (tertiary/aromatic N) is 3. The number of fused-ring (bicyclic) bond motifs is 1. The maximum absolute atomic E-state index is 14.5. The van der Waals surface area contributed by atoms with E-state index >= 15 is 0 Å². The van der Waals surface area contributed by atoms with Gasteiger partial charge in [0, 0.05) is 51.4 Å². The van der Waals surface area contributed by atoms with E-state index < -0.39 is 59.5 Å². The molecular formula is C28H37F3N4O8. The molecule has 0 bridgehead atoms. The summed E-state index contributed by atoms with van der Waals surface area (Å²) < 4.78 is 59.5. The number of ether oxygens (including phenoxy) is 3. The molecule has 238 valence electrons. The number of anilines is 1. The van der Waals surface area contributed by atoms with Crippen LogP contribution in [0.25, 0.3) is 0 Å². The summed E-state index contributed by atoms with van der Waals surface area (Å²) in [5, 5.41) is 12.0. The van der Waals surface area contributed by atoms with E-state index in [1.807, 2.05) is 0 Å². The third-order valence-electron chi connectivity index (χ3n) is 8.02. The first-order valence-corrected chi connectivity index (χ1v) is 14.3. The highest BCUT2D eigenvalue weighted by molar-refractivity contribution is 6.04. The van der Waals surface area contributed by atoms with Gasteiger partial charge in [-0.2, -0.15) is 13.2 Å². The fraction of sp³-hybridized carbons (Fsp3) is 0.643. The molecule has 0 aromatic heterocycles. The summed E-state index contributed by atoms with van der Waals surface area (Å²) in [6.45, 7) is 4.09. The number of carbonyl (C=O) groups is 4. The fourth-order valence-electron chi connectivity index (χ4n) is 5.95. The number of nitrogens with one attached hydrogen (secondary N) is 1. The number of carboxylic acid groups (broad SMARTS) is 1. The van der Waals surface area contributed by atoms with Gasteiger partial charge < -0.3 is 39.3 Å². The van der Waals surface area contributed by atoms with Crippen molar-refractivity contribution in [1.82, 2.24) is 15.1 Å². The van der Waals surface area contributed by atoms with Gasteiger partial charge >= 0.3 is 18.4 Å². The van der Waals surface area contributed by atoms with E-state index in [0.717, 1.165) is 17.0 Å². The zero-order valence-corrected chi connectivity index (χ0v) is 24.3. The van der Waals surface area contributed by atoms with Crippen LogP contribution in [0.5, 0.6) is 5.75 Å². The molecule has 0 aliphatic carbocycles. The predicted molar refractivity (Wildman–Crippen MR) is 146 cm³/mol. The molecule has 4 amide bonds. The molecular weight excluding hydrogens is 577 g/mol. The van der Waals surface area contributed by atoms with Crippen molar-refractivity contribution in [3.05, 3.63) is 23.3 Å². The number of methoxy groups -OCH3 is 1. The van der Waals surface area contributed by atoms with Crippen LogP contribution < -0.4 is 15.0 Å². The van der Waals surface area contributed by atoms with E-state index in [9.17, 15) is 37.5 Å². The summed E-state index contributed by atoms with van der Waals surface area (Å²) in [4.78, 5) is 54.6. The van der Waals surface area contributed by atoms with Gasteiger partial charge in [-0.15, -0.1) is 0 Å². The molecule has 0 spiro atoms. The SMILES string of the molecule is COC(=O)NCCN1C(=O)C(C2CCOCC2)Oc2cc(C(F)(F)F)c(C(=O)N(C(C)C)[C@@H]3CCCN(C(=O)O)C3)cc21. The number of amides is 4. The van der Waals surface area contributed by atoms with E-state index in [0.29, 0.717) is 38.9 Å². The van der Waals surface area contributed by atoms with Crippen LogP contribution in [0.4, 0.5) is 28.4 Å². The summed E-state index contributed by atoms with van der Waals surface area (Å²) in [5.74, 6) is -1.95. The second-order valence-electron chi connectivity index (χ2n) is 11.1. The van der Waals surface area contributed by atoms with Crippen molar-refractivity contribution in [3.63, 3.8) is 0 Å². The molecule has 4 rings (SSSR count). The highest BCUT2D eigenvalue weighted by atomic mass is 19.4. The van der Waals surface area contributed by atoms with Crippen molar-refractivity contribution in [3.8, 4) is 5.75 Å². The topological polar surface area (TPSA) is 138 Å². The Hall–Kier alpha value is -3.75. The summed E-state index contributed by atoms with van der Waals surface area (Å²) >= 11 is 0. The van der Waals surface area contributed by atoms with E-state index in [1.165, 1.54) is 16.9 Å². The third-order valence-corrected chi connectivity index (χ3v) is 8.02. The number of rotatable bonds is 7. The van der Waals surface area contributed by atoms with Gasteiger partial charge in [0.05, 0.1) is 30.0 Å². The largest absolute Gasteiger partial charge is 0.478 e. The Bertz CT molecular complexity index is 1220. The van der Waals surface area contributed by atoms with Crippen LogP contribution in [0.2, 0.25) is 0 Å². The number of benzene rings is 1. The summed E-state index contributed by atoms with van der Waals surface area (Å²) in [7, 11) is 1.17. The lowest BCUT2D eigenvalue weighted by Gasteiger charge is -2.41. The number of carbonyl (C=O) groups excluding carboxylic acids is 3. The van der Waals surface area contributed by atoms with Crippen LogP contribution in [0.15, 0.2) is 12.1 Å². The summed E-state index contributed by atoms with van der Waals surface area (Å²) in [5.41, 5.74) is -1.93. The van der Waals surface area contributed by atoms with Gasteiger partial charge in [0.15, 0.2) is 6.10 Å². The zero-order valence-electron chi connectivity index (χ0n) is 24.3. The van der Waals surface area contributed by atoms with Crippen LogP contribution in [0.3, 0.4) is 0 Å². The summed E-state index contributed by atoms with van der Waals surface area (Å²) in [6.07, 6.45) is -6.13. The molecule has 1 aromatic carbocycles. The van der Waals surface area contributed by atoms with Crippen molar-refractivity contribution in [2.45, 2.75) is 63.9 Å². The van der Waals surface area contributed by atoms with Crippen molar-refractivity contribution in [2.24, 2.45) is 5.92 Å². The van der Waals surface area contributed by atoms with Gasteiger partial charge in [0.25, 0.3) is 11.8 Å². The Kier molecular flexibility index (Phi) is 9.93. The van der Waals surface area contributed by atoms with E-state index in [4.69, 9.17) is 9.47 Å². The average Bonchev–Trinajstić information content (AvgIpc) is 2.97. The maximum atomic E-state index is 14.5. The molecule has 3 aliphatic rings. The minimum Gasteiger partial charge on any atom is -0.478 e. The van der Waals surface area contributed by atoms with Gasteiger partial charge in [0.1, 0.15) is 5.75 Å². The second kappa shape index (κ2) is 13.3. The first-order chi connectivity index (χ1) is 20.3. The molecule has 2 N–H and O–H groups in total. The number of alkyl carbamates (subject to hydrolysis) is 1. The third kappa shape index (κ3) is 7.08. The Morgan fingerprint density at radius 3 is 2.49 bits per heavy atom. The molecule has 15 heteroatoms. The zero-order chi connectivity index (χ0) is 31.5. The Balaban J connectivity index is 1.77. The molecule has 0 radical (unpaired) electrons. The van der Waals surface area contributed by atoms with Gasteiger partial charge in [-0.05, 0) is 51.7 Å². The Morgan fingerprint density at radius 1 is 1.19 bits per heavy atom.